The number of aliphatic hydroxyl groups is 1. The van der Waals surface area contributed by atoms with Gasteiger partial charge in [-0.25, -0.2) is 0 Å². The number of nitro groups is 1. The third kappa shape index (κ3) is 3.29. The van der Waals surface area contributed by atoms with E-state index < -0.39 is 16.9 Å². The molecule has 0 saturated carbocycles. The number of carbonyl (C=O) groups excluding carboxylic acids is 1. The van der Waals surface area contributed by atoms with Gasteiger partial charge in [0.1, 0.15) is 0 Å². The fraction of sp³-hybridized carbons (Fsp3) is 0.188. The minimum atomic E-state index is -0.580. The maximum atomic E-state index is 12.2. The summed E-state index contributed by atoms with van der Waals surface area (Å²) in [5.74, 6) is -0.411. The zero-order chi connectivity index (χ0) is 16.3. The molecule has 0 bridgehead atoms. The standard InChI is InChI=1S/C16H16N2O4/c1-10-14(4-3-5-15(10)18(21)22)16(20)17-13-8-6-12(7-9-13)11(2)19/h3-9,11,19H,1-2H3,(H,17,20)/t11-/m1/s1. The first-order valence-electron chi connectivity index (χ1n) is 6.73. The predicted molar refractivity (Wildman–Crippen MR) is 82.9 cm³/mol. The van der Waals surface area contributed by atoms with Crippen LogP contribution in [-0.4, -0.2) is 15.9 Å². The fourth-order valence-corrected chi connectivity index (χ4v) is 2.11. The van der Waals surface area contributed by atoms with Crippen LogP contribution in [0.3, 0.4) is 0 Å². The molecular formula is C16H16N2O4. The lowest BCUT2D eigenvalue weighted by Gasteiger charge is -2.09. The average Bonchev–Trinajstić information content (AvgIpc) is 2.47. The summed E-state index contributed by atoms with van der Waals surface area (Å²) in [7, 11) is 0. The monoisotopic (exact) mass is 300 g/mol. The molecule has 0 aliphatic heterocycles. The number of hydrogen-bond donors (Lipinski definition) is 2. The topological polar surface area (TPSA) is 92.5 Å². The van der Waals surface area contributed by atoms with Crippen molar-refractivity contribution >= 4 is 17.3 Å². The lowest BCUT2D eigenvalue weighted by atomic mass is 10.1. The van der Waals surface area contributed by atoms with E-state index in [4.69, 9.17) is 0 Å². The van der Waals surface area contributed by atoms with E-state index >= 15 is 0 Å². The molecule has 0 spiro atoms. The Kier molecular flexibility index (Phi) is 4.53. The maximum Gasteiger partial charge on any atom is 0.273 e. The van der Waals surface area contributed by atoms with E-state index in [9.17, 15) is 20.0 Å². The van der Waals surface area contributed by atoms with Crippen LogP contribution in [-0.2, 0) is 0 Å². The van der Waals surface area contributed by atoms with E-state index in [1.165, 1.54) is 12.1 Å². The second-order valence-corrected chi connectivity index (χ2v) is 4.96. The number of nitrogens with one attached hydrogen (secondary N) is 1. The Bertz CT molecular complexity index is 709. The summed E-state index contributed by atoms with van der Waals surface area (Å²) in [6, 6.07) is 11.2. The van der Waals surface area contributed by atoms with Gasteiger partial charge >= 0.3 is 0 Å². The molecule has 0 heterocycles. The van der Waals surface area contributed by atoms with Crippen molar-refractivity contribution in [3.8, 4) is 0 Å². The number of nitro benzene ring substituents is 1. The number of aliphatic hydroxyl groups excluding tert-OH is 1. The van der Waals surface area contributed by atoms with Gasteiger partial charge in [-0.2, -0.15) is 0 Å². The van der Waals surface area contributed by atoms with Crippen molar-refractivity contribution in [3.63, 3.8) is 0 Å². The minimum Gasteiger partial charge on any atom is -0.389 e. The molecule has 2 N–H and O–H groups in total. The number of carbonyl (C=O) groups is 1. The number of rotatable bonds is 4. The van der Waals surface area contributed by atoms with Gasteiger partial charge < -0.3 is 10.4 Å². The highest BCUT2D eigenvalue weighted by Gasteiger charge is 2.17. The molecule has 2 aromatic carbocycles. The molecule has 6 nitrogen and oxygen atoms in total. The highest BCUT2D eigenvalue weighted by Crippen LogP contribution is 2.22. The van der Waals surface area contributed by atoms with E-state index in [0.29, 0.717) is 11.3 Å². The van der Waals surface area contributed by atoms with E-state index in [2.05, 4.69) is 5.32 Å². The Morgan fingerprint density at radius 1 is 1.23 bits per heavy atom. The SMILES string of the molecule is Cc1c(C(=O)Nc2ccc([C@@H](C)O)cc2)cccc1[N+](=O)[O-]. The number of amides is 1. The van der Waals surface area contributed by atoms with Gasteiger partial charge in [0.2, 0.25) is 0 Å². The summed E-state index contributed by atoms with van der Waals surface area (Å²) in [6.07, 6.45) is -0.580. The Labute approximate surface area is 127 Å². The molecule has 0 fully saturated rings. The number of anilines is 1. The van der Waals surface area contributed by atoms with Crippen LogP contribution >= 0.6 is 0 Å². The van der Waals surface area contributed by atoms with E-state index in [-0.39, 0.29) is 11.3 Å². The number of benzene rings is 2. The summed E-state index contributed by atoms with van der Waals surface area (Å²) in [5, 5.41) is 23.0. The summed E-state index contributed by atoms with van der Waals surface area (Å²) < 4.78 is 0. The van der Waals surface area contributed by atoms with Crippen molar-refractivity contribution in [1.82, 2.24) is 0 Å². The molecule has 6 heteroatoms. The van der Waals surface area contributed by atoms with Gasteiger partial charge in [-0.05, 0) is 37.6 Å². The molecule has 0 radical (unpaired) electrons. The van der Waals surface area contributed by atoms with E-state index in [1.54, 1.807) is 44.2 Å². The van der Waals surface area contributed by atoms with Crippen molar-refractivity contribution in [3.05, 3.63) is 69.3 Å². The molecule has 0 aromatic heterocycles. The quantitative estimate of drug-likeness (QED) is 0.670. The van der Waals surface area contributed by atoms with Crippen molar-refractivity contribution in [2.45, 2.75) is 20.0 Å². The smallest absolute Gasteiger partial charge is 0.273 e. The Morgan fingerprint density at radius 2 is 1.86 bits per heavy atom. The van der Waals surface area contributed by atoms with E-state index in [1.807, 2.05) is 0 Å². The lowest BCUT2D eigenvalue weighted by Crippen LogP contribution is -2.14. The van der Waals surface area contributed by atoms with Crippen LogP contribution in [0.25, 0.3) is 0 Å². The highest BCUT2D eigenvalue weighted by molar-refractivity contribution is 6.05. The molecule has 0 saturated heterocycles. The Hall–Kier alpha value is -2.73. The Morgan fingerprint density at radius 3 is 2.41 bits per heavy atom. The van der Waals surface area contributed by atoms with Gasteiger partial charge in [0.05, 0.1) is 11.0 Å². The van der Waals surface area contributed by atoms with Crippen LogP contribution in [0.1, 0.15) is 34.5 Å². The molecule has 114 valence electrons. The molecular weight excluding hydrogens is 284 g/mol. The fourth-order valence-electron chi connectivity index (χ4n) is 2.11. The molecule has 2 rings (SSSR count). The minimum absolute atomic E-state index is 0.0860. The molecule has 0 unspecified atom stereocenters. The van der Waals surface area contributed by atoms with Gasteiger partial charge in [-0.15, -0.1) is 0 Å². The van der Waals surface area contributed by atoms with Crippen molar-refractivity contribution in [2.75, 3.05) is 5.32 Å². The van der Waals surface area contributed by atoms with Crippen LogP contribution in [0.5, 0.6) is 0 Å². The van der Waals surface area contributed by atoms with Crippen molar-refractivity contribution < 1.29 is 14.8 Å². The van der Waals surface area contributed by atoms with E-state index in [0.717, 1.165) is 5.56 Å². The van der Waals surface area contributed by atoms with Gasteiger partial charge in [-0.1, -0.05) is 18.2 Å². The molecule has 0 aliphatic carbocycles. The molecule has 1 atom stereocenters. The Balaban J connectivity index is 2.22. The zero-order valence-electron chi connectivity index (χ0n) is 12.2. The van der Waals surface area contributed by atoms with Crippen molar-refractivity contribution in [1.29, 1.82) is 0 Å². The molecule has 22 heavy (non-hydrogen) atoms. The first kappa shape index (κ1) is 15.7. The van der Waals surface area contributed by atoms with Gasteiger partial charge in [0.25, 0.3) is 11.6 Å². The largest absolute Gasteiger partial charge is 0.389 e. The second kappa shape index (κ2) is 6.36. The van der Waals surface area contributed by atoms with Crippen molar-refractivity contribution in [2.24, 2.45) is 0 Å². The van der Waals surface area contributed by atoms with Gasteiger partial charge in [0.15, 0.2) is 0 Å². The second-order valence-electron chi connectivity index (χ2n) is 4.96. The number of nitrogens with zero attached hydrogens (tertiary/aromatic N) is 1. The first-order chi connectivity index (χ1) is 10.4. The normalized spacial score (nSPS) is 11.8. The van der Waals surface area contributed by atoms with Crippen LogP contribution < -0.4 is 5.32 Å². The summed E-state index contributed by atoms with van der Waals surface area (Å²) >= 11 is 0. The lowest BCUT2D eigenvalue weighted by molar-refractivity contribution is -0.385. The van der Waals surface area contributed by atoms with Crippen LogP contribution in [0.2, 0.25) is 0 Å². The molecule has 0 aliphatic rings. The third-order valence-corrected chi connectivity index (χ3v) is 3.40. The van der Waals surface area contributed by atoms with Crippen LogP contribution in [0.4, 0.5) is 11.4 Å². The predicted octanol–water partition coefficient (Wildman–Crippen LogP) is 3.21. The van der Waals surface area contributed by atoms with Crippen LogP contribution in [0, 0.1) is 17.0 Å². The van der Waals surface area contributed by atoms with Gasteiger partial charge in [-0.3, -0.25) is 14.9 Å². The summed E-state index contributed by atoms with van der Waals surface area (Å²) in [4.78, 5) is 22.6. The number of hydrogen-bond acceptors (Lipinski definition) is 4. The van der Waals surface area contributed by atoms with Crippen LogP contribution in [0.15, 0.2) is 42.5 Å². The summed E-state index contributed by atoms with van der Waals surface area (Å²) in [6.45, 7) is 3.20. The highest BCUT2D eigenvalue weighted by atomic mass is 16.6. The molecule has 2 aromatic rings. The first-order valence-corrected chi connectivity index (χ1v) is 6.73. The molecule has 1 amide bonds. The van der Waals surface area contributed by atoms with Gasteiger partial charge in [0, 0.05) is 22.9 Å². The maximum absolute atomic E-state index is 12.2. The third-order valence-electron chi connectivity index (χ3n) is 3.40. The average molecular weight is 300 g/mol. The summed E-state index contributed by atoms with van der Waals surface area (Å²) in [5.41, 5.74) is 1.79. The zero-order valence-corrected chi connectivity index (χ0v) is 12.2.